The van der Waals surface area contributed by atoms with E-state index in [1.165, 1.54) is 0 Å². The number of hydrogen-bond acceptors (Lipinski definition) is 8. The Labute approximate surface area is 170 Å². The number of pyridine rings is 1. The molecule has 2 aliphatic heterocycles. The van der Waals surface area contributed by atoms with Gasteiger partial charge in [0.2, 0.25) is 0 Å². The van der Waals surface area contributed by atoms with E-state index in [-0.39, 0.29) is 17.7 Å². The molecule has 1 aromatic heterocycles. The van der Waals surface area contributed by atoms with E-state index in [9.17, 15) is 13.9 Å². The molecule has 3 heterocycles. The van der Waals surface area contributed by atoms with E-state index in [2.05, 4.69) is 14.1 Å². The molecule has 4 rings (SSSR count). The lowest BCUT2D eigenvalue weighted by Crippen LogP contribution is -2.42. The maximum Gasteiger partial charge on any atom is 0.272 e. The van der Waals surface area contributed by atoms with Crippen LogP contribution in [0.4, 0.5) is 5.69 Å². The largest absolute Gasteiger partial charge is 0.492 e. The molecule has 0 bridgehead atoms. The number of aromatic nitrogens is 1. The Morgan fingerprint density at radius 2 is 2.17 bits per heavy atom. The van der Waals surface area contributed by atoms with Gasteiger partial charge in [0.15, 0.2) is 5.84 Å². The van der Waals surface area contributed by atoms with Gasteiger partial charge in [-0.3, -0.25) is 23.6 Å². The predicted molar refractivity (Wildman–Crippen MR) is 112 cm³/mol. The van der Waals surface area contributed by atoms with Crippen LogP contribution in [-0.2, 0) is 0 Å². The third-order valence-corrected chi connectivity index (χ3v) is 5.86. The Hall–Kier alpha value is -2.82. The van der Waals surface area contributed by atoms with Crippen LogP contribution in [-0.4, -0.2) is 50.4 Å². The average Bonchev–Trinajstić information content (AvgIpc) is 2.71. The van der Waals surface area contributed by atoms with Gasteiger partial charge in [-0.1, -0.05) is 12.1 Å². The molecule has 10 heteroatoms. The molecule has 154 valence electrons. The lowest BCUT2D eigenvalue weighted by atomic mass is 9.98. The van der Waals surface area contributed by atoms with Gasteiger partial charge in [-0.05, 0) is 48.1 Å². The SMILES string of the molecule is NC1=NS(O)(O)Nc2cccc(OCC3CCCN(C(=O)c4ccccn4)C3)c21. The van der Waals surface area contributed by atoms with Crippen molar-refractivity contribution in [1.29, 1.82) is 0 Å². The smallest absolute Gasteiger partial charge is 0.272 e. The number of carbonyl (C=O) groups excluding carboxylic acids is 1. The van der Waals surface area contributed by atoms with Crippen LogP contribution in [0.1, 0.15) is 28.9 Å². The zero-order chi connectivity index (χ0) is 20.4. The van der Waals surface area contributed by atoms with Crippen LogP contribution in [0.15, 0.2) is 47.0 Å². The number of fused-ring (bicyclic) bond motifs is 1. The van der Waals surface area contributed by atoms with Crippen molar-refractivity contribution in [3.8, 4) is 5.75 Å². The average molecular weight is 417 g/mol. The van der Waals surface area contributed by atoms with E-state index in [4.69, 9.17) is 10.5 Å². The molecule has 9 nitrogen and oxygen atoms in total. The summed E-state index contributed by atoms with van der Waals surface area (Å²) >= 11 is 0. The lowest BCUT2D eigenvalue weighted by molar-refractivity contribution is 0.0627. The minimum atomic E-state index is -3.33. The molecule has 5 N–H and O–H groups in total. The lowest BCUT2D eigenvalue weighted by Gasteiger charge is -2.34. The van der Waals surface area contributed by atoms with Crippen LogP contribution in [0.2, 0.25) is 0 Å². The third-order valence-electron chi connectivity index (χ3n) is 4.92. The molecule has 2 aliphatic rings. The maximum atomic E-state index is 12.7. The first kappa shape index (κ1) is 19.5. The zero-order valence-corrected chi connectivity index (χ0v) is 16.5. The van der Waals surface area contributed by atoms with E-state index >= 15 is 0 Å². The molecule has 0 aliphatic carbocycles. The monoisotopic (exact) mass is 417 g/mol. The molecular weight excluding hydrogens is 394 g/mol. The van der Waals surface area contributed by atoms with Crippen LogP contribution in [0.25, 0.3) is 0 Å². The molecule has 2 aromatic rings. The standard InChI is InChI=1S/C19H23N5O4S/c20-18-17-14(22-29(26,27)23-18)7-3-8-16(17)28-12-13-5-4-10-24(11-13)19(25)15-6-1-2-9-21-15/h1-3,6-9,13,22,26-27H,4-5,10-12H2,(H2,20,23). The number of ether oxygens (including phenoxy) is 1. The second-order valence-corrected chi connectivity index (χ2v) is 8.49. The van der Waals surface area contributed by atoms with Crippen molar-refractivity contribution in [3.63, 3.8) is 0 Å². The Kier molecular flexibility index (Phi) is 5.31. The summed E-state index contributed by atoms with van der Waals surface area (Å²) in [6, 6.07) is 10.5. The van der Waals surface area contributed by atoms with Crippen LogP contribution >= 0.6 is 11.0 Å². The Morgan fingerprint density at radius 1 is 1.31 bits per heavy atom. The second kappa shape index (κ2) is 7.90. The molecule has 1 fully saturated rings. The van der Waals surface area contributed by atoms with Crippen molar-refractivity contribution in [1.82, 2.24) is 9.88 Å². The minimum absolute atomic E-state index is 0.0185. The fraction of sp³-hybridized carbons (Fsp3) is 0.316. The molecule has 0 saturated carbocycles. The summed E-state index contributed by atoms with van der Waals surface area (Å²) in [5.41, 5.74) is 7.35. The molecule has 1 unspecified atom stereocenters. The van der Waals surface area contributed by atoms with Crippen LogP contribution in [0.5, 0.6) is 5.75 Å². The fourth-order valence-electron chi connectivity index (χ4n) is 3.60. The molecular formula is C19H23N5O4S. The fourth-order valence-corrected chi connectivity index (χ4v) is 4.47. The summed E-state index contributed by atoms with van der Waals surface area (Å²) < 4.78 is 31.8. The molecule has 0 radical (unpaired) electrons. The highest BCUT2D eigenvalue weighted by molar-refractivity contribution is 8.24. The van der Waals surface area contributed by atoms with Gasteiger partial charge in [0.25, 0.3) is 5.91 Å². The zero-order valence-electron chi connectivity index (χ0n) is 15.7. The predicted octanol–water partition coefficient (Wildman–Crippen LogP) is 2.72. The van der Waals surface area contributed by atoms with Crippen molar-refractivity contribution in [2.24, 2.45) is 16.0 Å². The Bertz CT molecular complexity index is 937. The van der Waals surface area contributed by atoms with Crippen molar-refractivity contribution >= 4 is 28.4 Å². The molecule has 1 saturated heterocycles. The first-order valence-corrected chi connectivity index (χ1v) is 10.8. The number of anilines is 1. The van der Waals surface area contributed by atoms with Gasteiger partial charge in [-0.2, -0.15) is 0 Å². The number of amidine groups is 1. The minimum Gasteiger partial charge on any atom is -0.492 e. The molecule has 29 heavy (non-hydrogen) atoms. The first-order chi connectivity index (χ1) is 13.9. The normalized spacial score (nSPS) is 21.4. The van der Waals surface area contributed by atoms with Gasteiger partial charge in [0, 0.05) is 25.2 Å². The van der Waals surface area contributed by atoms with Gasteiger partial charge in [-0.25, -0.2) is 0 Å². The Balaban J connectivity index is 1.43. The van der Waals surface area contributed by atoms with Crippen LogP contribution in [0, 0.1) is 5.92 Å². The van der Waals surface area contributed by atoms with Crippen molar-refractivity contribution in [2.45, 2.75) is 12.8 Å². The number of benzene rings is 1. The highest BCUT2D eigenvalue weighted by Crippen LogP contribution is 2.46. The quantitative estimate of drug-likeness (QED) is 0.601. The number of piperidine rings is 1. The van der Waals surface area contributed by atoms with Crippen molar-refractivity contribution in [2.75, 3.05) is 24.4 Å². The maximum absolute atomic E-state index is 12.7. The number of likely N-dealkylation sites (tertiary alicyclic amines) is 1. The van der Waals surface area contributed by atoms with E-state index in [1.54, 1.807) is 42.6 Å². The van der Waals surface area contributed by atoms with Crippen molar-refractivity contribution in [3.05, 3.63) is 53.9 Å². The number of nitrogens with two attached hydrogens (primary N) is 1. The third kappa shape index (κ3) is 4.29. The number of rotatable bonds is 4. The summed E-state index contributed by atoms with van der Waals surface area (Å²) in [6.45, 7) is 1.70. The molecule has 1 atom stereocenters. The number of hydrogen-bond donors (Lipinski definition) is 4. The van der Waals surface area contributed by atoms with E-state index in [0.717, 1.165) is 12.8 Å². The van der Waals surface area contributed by atoms with E-state index in [1.807, 2.05) is 4.90 Å². The summed E-state index contributed by atoms with van der Waals surface area (Å²) in [4.78, 5) is 18.6. The second-order valence-electron chi connectivity index (χ2n) is 7.06. The molecule has 0 spiro atoms. The number of nitrogens with one attached hydrogen (secondary N) is 1. The number of carbonyl (C=O) groups is 1. The molecule has 1 amide bonds. The van der Waals surface area contributed by atoms with E-state index in [0.29, 0.717) is 42.4 Å². The Morgan fingerprint density at radius 3 is 2.97 bits per heavy atom. The van der Waals surface area contributed by atoms with Gasteiger partial charge in [0.05, 0.1) is 17.9 Å². The van der Waals surface area contributed by atoms with Gasteiger partial charge < -0.3 is 15.4 Å². The van der Waals surface area contributed by atoms with E-state index < -0.39 is 11.0 Å². The summed E-state index contributed by atoms with van der Waals surface area (Å²) in [5, 5.41) is 0. The van der Waals surface area contributed by atoms with Gasteiger partial charge >= 0.3 is 0 Å². The summed E-state index contributed by atoms with van der Waals surface area (Å²) in [5.74, 6) is 0.629. The summed E-state index contributed by atoms with van der Waals surface area (Å²) in [7, 11) is -3.33. The van der Waals surface area contributed by atoms with Crippen molar-refractivity contribution < 1.29 is 18.6 Å². The van der Waals surface area contributed by atoms with Gasteiger partial charge in [-0.15, -0.1) is 4.40 Å². The van der Waals surface area contributed by atoms with Gasteiger partial charge in [0.1, 0.15) is 11.4 Å². The first-order valence-electron chi connectivity index (χ1n) is 9.31. The number of nitrogens with zero attached hydrogens (tertiary/aromatic N) is 3. The molecule has 1 aromatic carbocycles. The topological polar surface area (TPSA) is 133 Å². The highest BCUT2D eigenvalue weighted by Gasteiger charge is 2.28. The summed E-state index contributed by atoms with van der Waals surface area (Å²) in [6.07, 6.45) is 3.46. The van der Waals surface area contributed by atoms with Crippen LogP contribution < -0.4 is 15.2 Å². The highest BCUT2D eigenvalue weighted by atomic mass is 32.3. The number of amides is 1. The van der Waals surface area contributed by atoms with Crippen LogP contribution in [0.3, 0.4) is 0 Å².